The van der Waals surface area contributed by atoms with Crippen LogP contribution >= 0.6 is 0 Å². The largest absolute Gasteiger partial charge is 0.463 e. The average Bonchev–Trinajstić information content (AvgIpc) is 3.10. The molecule has 5 heteroatoms. The molecule has 5 rings (SSSR count). The third-order valence-electron chi connectivity index (χ3n) is 4.64. The Kier molecular flexibility index (Phi) is 3.66. The van der Waals surface area contributed by atoms with E-state index in [0.717, 1.165) is 16.3 Å². The number of benzene rings is 3. The molecule has 28 heavy (non-hydrogen) atoms. The van der Waals surface area contributed by atoms with Gasteiger partial charge >= 0.3 is 5.97 Å². The molecule has 1 aliphatic rings. The molecule has 0 atom stereocenters. The van der Waals surface area contributed by atoms with E-state index in [1.165, 1.54) is 12.3 Å². The first-order valence-corrected chi connectivity index (χ1v) is 8.72. The Morgan fingerprint density at radius 2 is 1.57 bits per heavy atom. The summed E-state index contributed by atoms with van der Waals surface area (Å²) in [6.07, 6.45) is 2.73. The maximum atomic E-state index is 12.6. The van der Waals surface area contributed by atoms with E-state index in [9.17, 15) is 9.59 Å². The summed E-state index contributed by atoms with van der Waals surface area (Å²) < 4.78 is 10.9. The summed E-state index contributed by atoms with van der Waals surface area (Å²) in [5, 5.41) is 2.40. The molecule has 0 aliphatic carbocycles. The van der Waals surface area contributed by atoms with Gasteiger partial charge in [-0.2, -0.15) is 0 Å². The summed E-state index contributed by atoms with van der Waals surface area (Å²) in [5.74, 6) is -0.381. The summed E-state index contributed by atoms with van der Waals surface area (Å²) in [4.78, 5) is 29.3. The predicted octanol–water partition coefficient (Wildman–Crippen LogP) is 4.29. The average molecular weight is 367 g/mol. The molecule has 0 bridgehead atoms. The highest BCUT2D eigenvalue weighted by molar-refractivity contribution is 6.17. The number of nitrogens with zero attached hydrogens (tertiary/aromatic N) is 1. The van der Waals surface area contributed by atoms with Crippen molar-refractivity contribution in [1.29, 1.82) is 0 Å². The SMILES string of the molecule is O=C1OC(c2cccc3ccccc23)=N/C1=C\c1coc2ccccc2c1=O. The van der Waals surface area contributed by atoms with Gasteiger partial charge in [0.25, 0.3) is 0 Å². The third kappa shape index (κ3) is 2.61. The van der Waals surface area contributed by atoms with Crippen molar-refractivity contribution in [3.63, 3.8) is 0 Å². The molecule has 2 heterocycles. The monoisotopic (exact) mass is 367 g/mol. The van der Waals surface area contributed by atoms with Gasteiger partial charge in [0.15, 0.2) is 11.1 Å². The van der Waals surface area contributed by atoms with Crippen LogP contribution in [0.4, 0.5) is 0 Å². The smallest absolute Gasteiger partial charge is 0.363 e. The molecule has 4 aromatic rings. The molecular formula is C23H13NO4. The minimum absolute atomic E-state index is 0.0607. The Labute approximate surface area is 159 Å². The Morgan fingerprint density at radius 3 is 2.46 bits per heavy atom. The van der Waals surface area contributed by atoms with Gasteiger partial charge in [-0.05, 0) is 35.0 Å². The van der Waals surface area contributed by atoms with E-state index in [0.29, 0.717) is 11.0 Å². The third-order valence-corrected chi connectivity index (χ3v) is 4.64. The van der Waals surface area contributed by atoms with Gasteiger partial charge in [0.1, 0.15) is 11.8 Å². The fourth-order valence-corrected chi connectivity index (χ4v) is 3.28. The van der Waals surface area contributed by atoms with Gasteiger partial charge in [0.2, 0.25) is 5.90 Å². The summed E-state index contributed by atoms with van der Waals surface area (Å²) in [6.45, 7) is 0. The lowest BCUT2D eigenvalue weighted by atomic mass is 10.0. The Morgan fingerprint density at radius 1 is 0.821 bits per heavy atom. The molecule has 0 N–H and O–H groups in total. The summed E-state index contributed by atoms with van der Waals surface area (Å²) in [6, 6.07) is 20.4. The molecule has 1 aromatic heterocycles. The quantitative estimate of drug-likeness (QED) is 0.391. The van der Waals surface area contributed by atoms with Crippen LogP contribution in [-0.2, 0) is 9.53 Å². The van der Waals surface area contributed by atoms with Crippen LogP contribution in [-0.4, -0.2) is 11.9 Å². The van der Waals surface area contributed by atoms with Crippen LogP contribution in [0.25, 0.3) is 27.8 Å². The zero-order chi connectivity index (χ0) is 19.1. The number of esters is 1. The molecule has 0 unspecified atom stereocenters. The first kappa shape index (κ1) is 16.2. The summed E-state index contributed by atoms with van der Waals surface area (Å²) in [5.41, 5.74) is 1.29. The number of fused-ring (bicyclic) bond motifs is 2. The van der Waals surface area contributed by atoms with Crippen molar-refractivity contribution < 1.29 is 13.9 Å². The number of ether oxygens (including phenoxy) is 1. The number of rotatable bonds is 2. The number of carbonyl (C=O) groups is 1. The zero-order valence-electron chi connectivity index (χ0n) is 14.6. The lowest BCUT2D eigenvalue weighted by Crippen LogP contribution is -2.07. The maximum Gasteiger partial charge on any atom is 0.363 e. The molecule has 0 radical (unpaired) electrons. The van der Waals surface area contributed by atoms with Crippen molar-refractivity contribution in [2.45, 2.75) is 0 Å². The summed E-state index contributed by atoms with van der Waals surface area (Å²) >= 11 is 0. The second kappa shape index (κ2) is 6.32. The topological polar surface area (TPSA) is 68.9 Å². The molecule has 134 valence electrons. The molecular weight excluding hydrogens is 354 g/mol. The second-order valence-electron chi connectivity index (χ2n) is 6.38. The highest BCUT2D eigenvalue weighted by Gasteiger charge is 2.25. The molecule has 0 amide bonds. The zero-order valence-corrected chi connectivity index (χ0v) is 14.6. The highest BCUT2D eigenvalue weighted by atomic mass is 16.6. The first-order chi connectivity index (χ1) is 13.7. The Hall–Kier alpha value is -3.99. The molecule has 0 saturated carbocycles. The minimum Gasteiger partial charge on any atom is -0.463 e. The van der Waals surface area contributed by atoms with Gasteiger partial charge in [0, 0.05) is 5.56 Å². The molecule has 1 aliphatic heterocycles. The standard InChI is InChI=1S/C23H13NO4/c25-21-15(13-27-20-11-4-3-9-18(20)21)12-19-23(26)28-22(24-19)17-10-5-7-14-6-1-2-8-16(14)17/h1-13H/b19-12-. The number of para-hydroxylation sites is 1. The van der Waals surface area contributed by atoms with E-state index in [2.05, 4.69) is 4.99 Å². The van der Waals surface area contributed by atoms with Gasteiger partial charge in [-0.1, -0.05) is 48.5 Å². The van der Waals surface area contributed by atoms with Gasteiger partial charge in [-0.3, -0.25) is 4.79 Å². The van der Waals surface area contributed by atoms with Crippen LogP contribution in [0.1, 0.15) is 11.1 Å². The molecule has 0 saturated heterocycles. The number of cyclic esters (lactones) is 1. The number of carbonyl (C=O) groups excluding carboxylic acids is 1. The number of hydrogen-bond acceptors (Lipinski definition) is 5. The van der Waals surface area contributed by atoms with Crippen molar-refractivity contribution in [1.82, 2.24) is 0 Å². The molecule has 3 aromatic carbocycles. The van der Waals surface area contributed by atoms with Crippen LogP contribution < -0.4 is 5.43 Å². The Balaban J connectivity index is 1.62. The minimum atomic E-state index is -0.601. The van der Waals surface area contributed by atoms with Crippen LogP contribution in [0.15, 0.2) is 92.9 Å². The first-order valence-electron chi connectivity index (χ1n) is 8.72. The van der Waals surface area contributed by atoms with Crippen molar-refractivity contribution in [3.8, 4) is 0 Å². The second-order valence-corrected chi connectivity index (χ2v) is 6.38. The number of hydrogen-bond donors (Lipinski definition) is 0. The molecule has 0 fully saturated rings. The van der Waals surface area contributed by atoms with Crippen molar-refractivity contribution >= 4 is 39.7 Å². The lowest BCUT2D eigenvalue weighted by Gasteiger charge is -2.04. The predicted molar refractivity (Wildman–Crippen MR) is 107 cm³/mol. The van der Waals surface area contributed by atoms with Crippen LogP contribution in [0.3, 0.4) is 0 Å². The van der Waals surface area contributed by atoms with Crippen LogP contribution in [0, 0.1) is 0 Å². The van der Waals surface area contributed by atoms with Crippen molar-refractivity contribution in [3.05, 3.63) is 100 Å². The van der Waals surface area contributed by atoms with E-state index in [4.69, 9.17) is 9.15 Å². The van der Waals surface area contributed by atoms with E-state index < -0.39 is 5.97 Å². The van der Waals surface area contributed by atoms with Crippen LogP contribution in [0.2, 0.25) is 0 Å². The van der Waals surface area contributed by atoms with E-state index in [-0.39, 0.29) is 22.6 Å². The van der Waals surface area contributed by atoms with Crippen molar-refractivity contribution in [2.75, 3.05) is 0 Å². The normalized spacial score (nSPS) is 15.2. The lowest BCUT2D eigenvalue weighted by molar-refractivity contribution is -0.129. The molecule has 0 spiro atoms. The van der Waals surface area contributed by atoms with Gasteiger partial charge in [0.05, 0.1) is 10.9 Å². The fraction of sp³-hybridized carbons (Fsp3) is 0. The fourth-order valence-electron chi connectivity index (χ4n) is 3.28. The van der Waals surface area contributed by atoms with E-state index >= 15 is 0 Å². The summed E-state index contributed by atoms with van der Waals surface area (Å²) in [7, 11) is 0. The molecule has 5 nitrogen and oxygen atoms in total. The highest BCUT2D eigenvalue weighted by Crippen LogP contribution is 2.24. The Bertz CT molecular complexity index is 1370. The van der Waals surface area contributed by atoms with Gasteiger partial charge < -0.3 is 9.15 Å². The maximum absolute atomic E-state index is 12.6. The van der Waals surface area contributed by atoms with Crippen LogP contribution in [0.5, 0.6) is 0 Å². The number of aliphatic imine (C=N–C) groups is 1. The van der Waals surface area contributed by atoms with E-state index in [1.54, 1.807) is 24.3 Å². The van der Waals surface area contributed by atoms with E-state index in [1.807, 2.05) is 42.5 Å². The van der Waals surface area contributed by atoms with Crippen molar-refractivity contribution in [2.24, 2.45) is 4.99 Å². The van der Waals surface area contributed by atoms with Gasteiger partial charge in [-0.15, -0.1) is 0 Å². The van der Waals surface area contributed by atoms with Gasteiger partial charge in [-0.25, -0.2) is 9.79 Å².